The molecule has 0 radical (unpaired) electrons. The highest BCUT2D eigenvalue weighted by molar-refractivity contribution is 7.99. The maximum Gasteiger partial charge on any atom is 0.236 e. The van der Waals surface area contributed by atoms with Crippen LogP contribution in [0.2, 0.25) is 5.02 Å². The highest BCUT2D eigenvalue weighted by atomic mass is 35.5. The van der Waals surface area contributed by atoms with E-state index in [0.29, 0.717) is 27.7 Å². The van der Waals surface area contributed by atoms with Gasteiger partial charge >= 0.3 is 0 Å². The largest absolute Gasteiger partial charge is 0.467 e. The van der Waals surface area contributed by atoms with Gasteiger partial charge in [-0.15, -0.1) is 21.5 Å². The number of carbonyl (C=O) groups is 1. The molecule has 0 atom stereocenters. The molecule has 0 aliphatic heterocycles. The van der Waals surface area contributed by atoms with Crippen LogP contribution in [0.4, 0.5) is 5.13 Å². The lowest BCUT2D eigenvalue weighted by atomic mass is 10.2. The maximum absolute atomic E-state index is 12.3. The van der Waals surface area contributed by atoms with Crippen LogP contribution in [0.3, 0.4) is 0 Å². The lowest BCUT2D eigenvalue weighted by molar-refractivity contribution is -0.113. The van der Waals surface area contributed by atoms with Gasteiger partial charge in [0.2, 0.25) is 5.91 Å². The second kappa shape index (κ2) is 8.81. The van der Waals surface area contributed by atoms with E-state index < -0.39 is 0 Å². The first-order valence-electron chi connectivity index (χ1n) is 8.65. The topological polar surface area (TPSA) is 85.8 Å². The van der Waals surface area contributed by atoms with Gasteiger partial charge < -0.3 is 9.73 Å². The Labute approximate surface area is 180 Å². The normalized spacial score (nSPS) is 11.0. The van der Waals surface area contributed by atoms with Crippen molar-refractivity contribution in [2.24, 2.45) is 0 Å². The molecule has 7 nitrogen and oxygen atoms in total. The summed E-state index contributed by atoms with van der Waals surface area (Å²) in [5.74, 6) is 1.49. The minimum Gasteiger partial charge on any atom is -0.467 e. The summed E-state index contributed by atoms with van der Waals surface area (Å²) >= 11 is 8.71. The summed E-state index contributed by atoms with van der Waals surface area (Å²) in [5.41, 5.74) is 1.76. The number of aromatic nitrogens is 4. The number of thiazole rings is 1. The monoisotopic (exact) mass is 445 g/mol. The predicted octanol–water partition coefficient (Wildman–Crippen LogP) is 4.74. The first-order valence-corrected chi connectivity index (χ1v) is 10.9. The second-order valence-corrected chi connectivity index (χ2v) is 8.35. The molecule has 0 unspecified atom stereocenters. The van der Waals surface area contributed by atoms with Gasteiger partial charge in [-0.3, -0.25) is 9.36 Å². The van der Waals surface area contributed by atoms with Gasteiger partial charge in [0.15, 0.2) is 16.1 Å². The van der Waals surface area contributed by atoms with Crippen molar-refractivity contribution in [1.82, 2.24) is 19.7 Å². The Morgan fingerprint density at radius 3 is 2.79 bits per heavy atom. The van der Waals surface area contributed by atoms with Crippen molar-refractivity contribution in [1.29, 1.82) is 0 Å². The minimum atomic E-state index is -0.148. The van der Waals surface area contributed by atoms with E-state index in [1.807, 2.05) is 41.1 Å². The Hall–Kier alpha value is -2.62. The van der Waals surface area contributed by atoms with Crippen LogP contribution in [0, 0.1) is 6.92 Å². The van der Waals surface area contributed by atoms with Gasteiger partial charge in [0, 0.05) is 16.0 Å². The van der Waals surface area contributed by atoms with E-state index in [0.717, 1.165) is 17.0 Å². The number of nitrogens with zero attached hydrogens (tertiary/aromatic N) is 4. The Morgan fingerprint density at radius 2 is 2.10 bits per heavy atom. The Morgan fingerprint density at radius 1 is 1.28 bits per heavy atom. The number of hydrogen-bond acceptors (Lipinski definition) is 7. The number of amides is 1. The van der Waals surface area contributed by atoms with E-state index in [1.165, 1.54) is 23.1 Å². The van der Waals surface area contributed by atoms with Crippen LogP contribution in [0.15, 0.2) is 57.6 Å². The average molecular weight is 446 g/mol. The fraction of sp³-hybridized carbons (Fsp3) is 0.158. The van der Waals surface area contributed by atoms with Gasteiger partial charge in [-0.2, -0.15) is 0 Å². The first-order chi connectivity index (χ1) is 14.1. The summed E-state index contributed by atoms with van der Waals surface area (Å²) in [6.07, 6.45) is 1.62. The molecule has 0 saturated carbocycles. The molecule has 3 aromatic heterocycles. The summed E-state index contributed by atoms with van der Waals surface area (Å²) in [6.45, 7) is 2.34. The Balaban J connectivity index is 1.54. The van der Waals surface area contributed by atoms with Crippen LogP contribution in [-0.4, -0.2) is 31.4 Å². The molecule has 148 valence electrons. The van der Waals surface area contributed by atoms with Crippen LogP contribution in [-0.2, 0) is 11.3 Å². The van der Waals surface area contributed by atoms with Gasteiger partial charge in [-0.25, -0.2) is 4.98 Å². The molecule has 1 N–H and O–H groups in total. The summed E-state index contributed by atoms with van der Waals surface area (Å²) in [4.78, 5) is 16.5. The SMILES string of the molecule is Cc1csc(NC(=O)CSc2nnc(-c3ccc(Cl)cc3)n2Cc2ccco2)n1. The molecule has 0 spiro atoms. The standard InChI is InChI=1S/C19H16ClN5O2S2/c1-12-10-28-18(21-12)22-16(26)11-29-19-24-23-17(13-4-6-14(20)7-5-13)25(19)9-15-3-2-8-27-15/h2-8,10H,9,11H2,1H3,(H,21,22,26). The lowest BCUT2D eigenvalue weighted by Gasteiger charge is -2.09. The van der Waals surface area contributed by atoms with E-state index in [1.54, 1.807) is 18.4 Å². The van der Waals surface area contributed by atoms with Gasteiger partial charge in [-0.05, 0) is 43.3 Å². The van der Waals surface area contributed by atoms with Gasteiger partial charge in [-0.1, -0.05) is 23.4 Å². The van der Waals surface area contributed by atoms with Crippen molar-refractivity contribution >= 4 is 45.7 Å². The molecule has 1 amide bonds. The molecule has 0 saturated heterocycles. The van der Waals surface area contributed by atoms with Crippen molar-refractivity contribution in [2.75, 3.05) is 11.1 Å². The summed E-state index contributed by atoms with van der Waals surface area (Å²) in [7, 11) is 0. The third-order valence-electron chi connectivity index (χ3n) is 3.91. The Bertz CT molecular complexity index is 1110. The molecule has 0 bridgehead atoms. The van der Waals surface area contributed by atoms with Crippen LogP contribution < -0.4 is 5.32 Å². The molecule has 1 aromatic carbocycles. The number of rotatable bonds is 7. The molecular formula is C19H16ClN5O2S2. The number of halogens is 1. The Kier molecular flexibility index (Phi) is 5.98. The molecule has 3 heterocycles. The number of anilines is 1. The molecule has 29 heavy (non-hydrogen) atoms. The van der Waals surface area contributed by atoms with E-state index >= 15 is 0 Å². The zero-order valence-electron chi connectivity index (χ0n) is 15.3. The number of carbonyl (C=O) groups excluding carboxylic acids is 1. The van der Waals surface area contributed by atoms with Gasteiger partial charge in [0.25, 0.3) is 0 Å². The van der Waals surface area contributed by atoms with Crippen molar-refractivity contribution in [3.8, 4) is 11.4 Å². The number of aryl methyl sites for hydroxylation is 1. The van der Waals surface area contributed by atoms with E-state index in [-0.39, 0.29) is 11.7 Å². The smallest absolute Gasteiger partial charge is 0.236 e. The van der Waals surface area contributed by atoms with Gasteiger partial charge in [0.05, 0.1) is 24.3 Å². The molecule has 0 aliphatic rings. The maximum atomic E-state index is 12.3. The van der Waals surface area contributed by atoms with Crippen molar-refractivity contribution < 1.29 is 9.21 Å². The van der Waals surface area contributed by atoms with E-state index in [2.05, 4.69) is 20.5 Å². The van der Waals surface area contributed by atoms with Crippen LogP contribution in [0.25, 0.3) is 11.4 Å². The fourth-order valence-electron chi connectivity index (χ4n) is 2.61. The first kappa shape index (κ1) is 19.7. The average Bonchev–Trinajstić information content (AvgIpc) is 3.44. The van der Waals surface area contributed by atoms with Crippen molar-refractivity contribution in [2.45, 2.75) is 18.6 Å². The van der Waals surface area contributed by atoms with Crippen LogP contribution in [0.1, 0.15) is 11.5 Å². The minimum absolute atomic E-state index is 0.148. The van der Waals surface area contributed by atoms with Crippen LogP contribution >= 0.6 is 34.7 Å². The summed E-state index contributed by atoms with van der Waals surface area (Å²) in [6, 6.07) is 11.1. The quantitative estimate of drug-likeness (QED) is 0.413. The van der Waals surface area contributed by atoms with Gasteiger partial charge in [0.1, 0.15) is 5.76 Å². The third kappa shape index (κ3) is 4.87. The molecule has 0 fully saturated rings. The molecule has 0 aliphatic carbocycles. The number of nitrogens with one attached hydrogen (secondary N) is 1. The van der Waals surface area contributed by atoms with Crippen LogP contribution in [0.5, 0.6) is 0 Å². The zero-order chi connectivity index (χ0) is 20.2. The lowest BCUT2D eigenvalue weighted by Crippen LogP contribution is -2.14. The zero-order valence-corrected chi connectivity index (χ0v) is 17.7. The fourth-order valence-corrected chi connectivity index (χ4v) is 4.17. The summed E-state index contributed by atoms with van der Waals surface area (Å²) in [5, 5.41) is 15.2. The summed E-state index contributed by atoms with van der Waals surface area (Å²) < 4.78 is 7.41. The highest BCUT2D eigenvalue weighted by Gasteiger charge is 2.17. The number of thioether (sulfide) groups is 1. The molecule has 4 rings (SSSR count). The molecule has 10 heteroatoms. The van der Waals surface area contributed by atoms with E-state index in [9.17, 15) is 4.79 Å². The number of benzene rings is 1. The molecular weight excluding hydrogens is 430 g/mol. The number of furan rings is 1. The third-order valence-corrected chi connectivity index (χ3v) is 6.01. The van der Waals surface area contributed by atoms with Crippen molar-refractivity contribution in [3.05, 3.63) is 64.5 Å². The second-order valence-electron chi connectivity index (χ2n) is 6.11. The highest BCUT2D eigenvalue weighted by Crippen LogP contribution is 2.26. The molecule has 4 aromatic rings. The van der Waals surface area contributed by atoms with E-state index in [4.69, 9.17) is 16.0 Å². The van der Waals surface area contributed by atoms with Crippen molar-refractivity contribution in [3.63, 3.8) is 0 Å². The number of hydrogen-bond donors (Lipinski definition) is 1. The predicted molar refractivity (Wildman–Crippen MR) is 114 cm³/mol.